The second-order valence-corrected chi connectivity index (χ2v) is 4.90. The van der Waals surface area contributed by atoms with Gasteiger partial charge in [-0.05, 0) is 24.3 Å². The Labute approximate surface area is 115 Å². The number of aliphatic carboxylic acids is 1. The predicted molar refractivity (Wildman–Crippen MR) is 77.0 cm³/mol. The maximum Gasteiger partial charge on any atom is 0.317 e. The van der Waals surface area contributed by atoms with Crippen LogP contribution < -0.4 is 11.1 Å². The molecule has 0 aliphatic carbocycles. The molecule has 0 spiro atoms. The first-order valence-electron chi connectivity index (χ1n) is 5.75. The molecule has 0 radical (unpaired) electrons. The van der Waals surface area contributed by atoms with Crippen LogP contribution in [0.5, 0.6) is 0 Å². The standard InChI is InChI=1S/C12H9NS.C2H5NO2/c1-3-7-11-9(5-1)13-10-6-2-4-8-12(10)14-11;3-1-2(4)5/h1-8,13H;1,3H2,(H,4,5). The monoisotopic (exact) mass is 274 g/mol. The molecule has 4 N–H and O–H groups in total. The Morgan fingerprint density at radius 3 is 1.89 bits per heavy atom. The largest absolute Gasteiger partial charge is 0.480 e. The van der Waals surface area contributed by atoms with E-state index in [9.17, 15) is 4.79 Å². The first kappa shape index (κ1) is 13.5. The van der Waals surface area contributed by atoms with Gasteiger partial charge >= 0.3 is 5.97 Å². The molecule has 2 aromatic carbocycles. The number of hydrogen-bond acceptors (Lipinski definition) is 4. The van der Waals surface area contributed by atoms with Crippen molar-refractivity contribution in [1.29, 1.82) is 0 Å². The van der Waals surface area contributed by atoms with E-state index < -0.39 is 5.97 Å². The van der Waals surface area contributed by atoms with E-state index in [1.54, 1.807) is 0 Å². The number of benzene rings is 2. The van der Waals surface area contributed by atoms with Gasteiger partial charge < -0.3 is 16.2 Å². The second kappa shape index (κ2) is 6.26. The lowest BCUT2D eigenvalue weighted by Gasteiger charge is -2.19. The molecule has 0 aromatic heterocycles. The third-order valence-corrected chi connectivity index (χ3v) is 3.59. The van der Waals surface area contributed by atoms with Gasteiger partial charge in [0.2, 0.25) is 0 Å². The molecule has 0 unspecified atom stereocenters. The summed E-state index contributed by atoms with van der Waals surface area (Å²) in [5.74, 6) is -0.968. The Bertz CT molecular complexity index is 500. The molecule has 0 saturated heterocycles. The summed E-state index contributed by atoms with van der Waals surface area (Å²) in [7, 11) is 0. The van der Waals surface area contributed by atoms with Crippen LogP contribution in [0.25, 0.3) is 0 Å². The number of carboxylic acids is 1. The number of para-hydroxylation sites is 2. The van der Waals surface area contributed by atoms with E-state index in [0.29, 0.717) is 0 Å². The van der Waals surface area contributed by atoms with E-state index in [2.05, 4.69) is 59.6 Å². The fraction of sp³-hybridized carbons (Fsp3) is 0.0714. The second-order valence-electron chi connectivity index (χ2n) is 3.82. The summed E-state index contributed by atoms with van der Waals surface area (Å²) >= 11 is 1.82. The summed E-state index contributed by atoms with van der Waals surface area (Å²) in [6.07, 6.45) is 0. The average Bonchev–Trinajstić information content (AvgIpc) is 2.45. The molecule has 0 atom stereocenters. The quantitative estimate of drug-likeness (QED) is 0.636. The fourth-order valence-corrected chi connectivity index (χ4v) is 2.57. The minimum absolute atomic E-state index is 0.278. The van der Waals surface area contributed by atoms with Crippen LogP contribution in [-0.2, 0) is 4.79 Å². The van der Waals surface area contributed by atoms with Crippen molar-refractivity contribution in [3.63, 3.8) is 0 Å². The summed E-state index contributed by atoms with van der Waals surface area (Å²) in [6, 6.07) is 16.8. The summed E-state index contributed by atoms with van der Waals surface area (Å²) < 4.78 is 0. The highest BCUT2D eigenvalue weighted by molar-refractivity contribution is 7.99. The first-order chi connectivity index (χ1) is 9.20. The third kappa shape index (κ3) is 3.49. The van der Waals surface area contributed by atoms with Crippen LogP contribution in [0.2, 0.25) is 0 Å². The molecule has 3 rings (SSSR count). The molecular weight excluding hydrogens is 260 g/mol. The van der Waals surface area contributed by atoms with Gasteiger partial charge in [-0.3, -0.25) is 4.79 Å². The molecule has 0 amide bonds. The normalized spacial score (nSPS) is 11.2. The van der Waals surface area contributed by atoms with E-state index in [1.165, 1.54) is 21.2 Å². The number of carboxylic acid groups (broad SMARTS) is 1. The molecular formula is C14H14N2O2S. The summed E-state index contributed by atoms with van der Waals surface area (Å²) in [6.45, 7) is -0.278. The lowest BCUT2D eigenvalue weighted by atomic mass is 10.2. The highest BCUT2D eigenvalue weighted by atomic mass is 32.2. The summed E-state index contributed by atoms with van der Waals surface area (Å²) in [5, 5.41) is 11.0. The highest BCUT2D eigenvalue weighted by Crippen LogP contribution is 2.43. The van der Waals surface area contributed by atoms with E-state index in [0.717, 1.165) is 0 Å². The minimum atomic E-state index is -0.968. The number of anilines is 2. The van der Waals surface area contributed by atoms with Crippen LogP contribution in [0.4, 0.5) is 11.4 Å². The Hall–Kier alpha value is -1.98. The Kier molecular flexibility index (Phi) is 4.43. The van der Waals surface area contributed by atoms with Crippen LogP contribution in [0, 0.1) is 0 Å². The fourth-order valence-electron chi connectivity index (χ4n) is 1.58. The molecule has 5 heteroatoms. The van der Waals surface area contributed by atoms with E-state index in [4.69, 9.17) is 5.11 Å². The van der Waals surface area contributed by atoms with E-state index in [1.807, 2.05) is 11.8 Å². The molecule has 0 bridgehead atoms. The molecule has 1 heterocycles. The van der Waals surface area contributed by atoms with Gasteiger partial charge in [-0.1, -0.05) is 36.0 Å². The zero-order valence-electron chi connectivity index (χ0n) is 10.2. The van der Waals surface area contributed by atoms with Gasteiger partial charge in [-0.15, -0.1) is 0 Å². The maximum absolute atomic E-state index is 9.24. The van der Waals surface area contributed by atoms with E-state index in [-0.39, 0.29) is 6.54 Å². The number of nitrogens with two attached hydrogens (primary N) is 1. The molecule has 19 heavy (non-hydrogen) atoms. The maximum atomic E-state index is 9.24. The zero-order chi connectivity index (χ0) is 13.7. The number of carbonyl (C=O) groups is 1. The van der Waals surface area contributed by atoms with Gasteiger partial charge in [0.25, 0.3) is 0 Å². The number of hydrogen-bond donors (Lipinski definition) is 3. The lowest BCUT2D eigenvalue weighted by Crippen LogP contribution is -2.10. The Morgan fingerprint density at radius 1 is 1.05 bits per heavy atom. The zero-order valence-corrected chi connectivity index (χ0v) is 11.0. The van der Waals surface area contributed by atoms with Gasteiger partial charge in [0.1, 0.15) is 0 Å². The van der Waals surface area contributed by atoms with Crippen LogP contribution in [0.15, 0.2) is 58.3 Å². The van der Waals surface area contributed by atoms with Gasteiger partial charge in [-0.2, -0.15) is 0 Å². The van der Waals surface area contributed by atoms with Crippen LogP contribution in [0.3, 0.4) is 0 Å². The molecule has 1 aliphatic heterocycles. The first-order valence-corrected chi connectivity index (χ1v) is 6.57. The molecule has 0 fully saturated rings. The van der Waals surface area contributed by atoms with Crippen molar-refractivity contribution < 1.29 is 9.90 Å². The van der Waals surface area contributed by atoms with Crippen molar-refractivity contribution in [3.05, 3.63) is 48.5 Å². The van der Waals surface area contributed by atoms with E-state index >= 15 is 0 Å². The van der Waals surface area contributed by atoms with Gasteiger partial charge in [0.15, 0.2) is 0 Å². The number of rotatable bonds is 1. The van der Waals surface area contributed by atoms with Crippen molar-refractivity contribution in [3.8, 4) is 0 Å². The molecule has 0 saturated carbocycles. The highest BCUT2D eigenvalue weighted by Gasteiger charge is 2.13. The topological polar surface area (TPSA) is 75.4 Å². The van der Waals surface area contributed by atoms with Gasteiger partial charge in [0, 0.05) is 9.79 Å². The summed E-state index contributed by atoms with van der Waals surface area (Å²) in [4.78, 5) is 11.8. The van der Waals surface area contributed by atoms with Crippen molar-refractivity contribution in [2.75, 3.05) is 11.9 Å². The third-order valence-electron chi connectivity index (χ3n) is 2.44. The molecule has 98 valence electrons. The number of nitrogens with one attached hydrogen (secondary N) is 1. The average molecular weight is 274 g/mol. The number of fused-ring (bicyclic) bond motifs is 2. The van der Waals surface area contributed by atoms with Crippen molar-refractivity contribution in [1.82, 2.24) is 0 Å². The Balaban J connectivity index is 0.000000232. The predicted octanol–water partition coefficient (Wildman–Crippen LogP) is 2.92. The van der Waals surface area contributed by atoms with Gasteiger partial charge in [0.05, 0.1) is 17.9 Å². The SMILES string of the molecule is NCC(=O)O.c1ccc2c(c1)Nc1ccccc1S2. The van der Waals surface area contributed by atoms with Crippen molar-refractivity contribution in [2.24, 2.45) is 5.73 Å². The van der Waals surface area contributed by atoms with Crippen LogP contribution in [-0.4, -0.2) is 17.6 Å². The van der Waals surface area contributed by atoms with Crippen molar-refractivity contribution in [2.45, 2.75) is 9.79 Å². The lowest BCUT2D eigenvalue weighted by molar-refractivity contribution is -0.135. The molecule has 2 aromatic rings. The molecule has 4 nitrogen and oxygen atoms in total. The Morgan fingerprint density at radius 2 is 1.47 bits per heavy atom. The van der Waals surface area contributed by atoms with Crippen molar-refractivity contribution >= 4 is 29.1 Å². The minimum Gasteiger partial charge on any atom is -0.480 e. The summed E-state index contributed by atoms with van der Waals surface area (Å²) in [5.41, 5.74) is 6.98. The van der Waals surface area contributed by atoms with Gasteiger partial charge in [-0.25, -0.2) is 0 Å². The molecule has 1 aliphatic rings. The van der Waals surface area contributed by atoms with Crippen LogP contribution >= 0.6 is 11.8 Å². The smallest absolute Gasteiger partial charge is 0.317 e. The van der Waals surface area contributed by atoms with Crippen LogP contribution in [0.1, 0.15) is 0 Å².